The fourth-order valence-electron chi connectivity index (χ4n) is 1.14. The summed E-state index contributed by atoms with van der Waals surface area (Å²) in [4.78, 5) is 22.4. The first-order valence-electron chi connectivity index (χ1n) is 4.35. The molecule has 2 aromatic heterocycles. The van der Waals surface area contributed by atoms with Crippen LogP contribution in [-0.2, 0) is 0 Å². The number of aromatic nitrogens is 3. The Kier molecular flexibility index (Phi) is 2.78. The van der Waals surface area contributed by atoms with Gasteiger partial charge in [0.25, 0.3) is 0 Å². The molecule has 0 bridgehead atoms. The molecular formula is C10H6ClN3O2. The Balaban J connectivity index is 2.56. The van der Waals surface area contributed by atoms with Crippen LogP contribution in [0.1, 0.15) is 10.5 Å². The Morgan fingerprint density at radius 3 is 2.75 bits per heavy atom. The van der Waals surface area contributed by atoms with E-state index in [0.717, 1.165) is 6.20 Å². The molecule has 5 nitrogen and oxygen atoms in total. The molecule has 0 atom stereocenters. The van der Waals surface area contributed by atoms with Crippen LogP contribution in [0, 0.1) is 0 Å². The van der Waals surface area contributed by atoms with Crippen molar-refractivity contribution in [3.63, 3.8) is 0 Å². The highest BCUT2D eigenvalue weighted by Gasteiger charge is 2.12. The largest absolute Gasteiger partial charge is 0.476 e. The number of carbonyl (C=O) groups is 1. The van der Waals surface area contributed by atoms with Gasteiger partial charge < -0.3 is 5.11 Å². The molecule has 0 aliphatic rings. The second-order valence-electron chi connectivity index (χ2n) is 2.91. The van der Waals surface area contributed by atoms with E-state index in [-0.39, 0.29) is 16.5 Å². The van der Waals surface area contributed by atoms with Crippen LogP contribution in [-0.4, -0.2) is 26.0 Å². The van der Waals surface area contributed by atoms with Gasteiger partial charge in [-0.2, -0.15) is 0 Å². The molecule has 0 radical (unpaired) electrons. The molecule has 0 saturated heterocycles. The van der Waals surface area contributed by atoms with Gasteiger partial charge in [-0.1, -0.05) is 17.7 Å². The van der Waals surface area contributed by atoms with E-state index in [2.05, 4.69) is 15.0 Å². The lowest BCUT2D eigenvalue weighted by atomic mass is 10.3. The summed E-state index contributed by atoms with van der Waals surface area (Å²) >= 11 is 5.83. The molecule has 0 spiro atoms. The lowest BCUT2D eigenvalue weighted by molar-refractivity contribution is 0.0690. The van der Waals surface area contributed by atoms with Crippen molar-refractivity contribution in [3.8, 4) is 11.4 Å². The van der Waals surface area contributed by atoms with Crippen molar-refractivity contribution < 1.29 is 9.90 Å². The Morgan fingerprint density at radius 2 is 2.12 bits per heavy atom. The zero-order valence-electron chi connectivity index (χ0n) is 7.96. The minimum atomic E-state index is -1.15. The van der Waals surface area contributed by atoms with Crippen LogP contribution in [0.5, 0.6) is 0 Å². The zero-order valence-corrected chi connectivity index (χ0v) is 8.72. The number of carboxylic acids is 1. The molecule has 2 aromatic rings. The molecule has 0 aromatic carbocycles. The number of pyridine rings is 1. The predicted octanol–water partition coefficient (Wildman–Crippen LogP) is 1.89. The summed E-state index contributed by atoms with van der Waals surface area (Å²) in [5.41, 5.74) is 0.593. The van der Waals surface area contributed by atoms with E-state index in [9.17, 15) is 4.79 Å². The second-order valence-corrected chi connectivity index (χ2v) is 3.27. The van der Waals surface area contributed by atoms with Crippen LogP contribution in [0.25, 0.3) is 11.4 Å². The first kappa shape index (κ1) is 10.5. The minimum Gasteiger partial charge on any atom is -0.476 e. The van der Waals surface area contributed by atoms with Crippen molar-refractivity contribution >= 4 is 17.6 Å². The van der Waals surface area contributed by atoms with E-state index < -0.39 is 5.97 Å². The van der Waals surface area contributed by atoms with Gasteiger partial charge in [-0.05, 0) is 12.1 Å². The summed E-state index contributed by atoms with van der Waals surface area (Å²) in [6.45, 7) is 0. The van der Waals surface area contributed by atoms with E-state index in [0.29, 0.717) is 5.69 Å². The SMILES string of the molecule is O=C(O)c1cnc(Cl)c(-c2ccccn2)n1. The average Bonchev–Trinajstić information content (AvgIpc) is 2.30. The Hall–Kier alpha value is -2.01. The number of carboxylic acid groups (broad SMARTS) is 1. The van der Waals surface area contributed by atoms with E-state index in [4.69, 9.17) is 16.7 Å². The molecule has 16 heavy (non-hydrogen) atoms. The number of aromatic carboxylic acids is 1. The predicted molar refractivity (Wildman–Crippen MR) is 57.2 cm³/mol. The molecule has 2 heterocycles. The van der Waals surface area contributed by atoms with Crippen LogP contribution >= 0.6 is 11.6 Å². The molecule has 0 fully saturated rings. The standard InChI is InChI=1S/C10H6ClN3O2/c11-9-8(6-3-1-2-4-12-6)14-7(5-13-9)10(15)16/h1-5H,(H,15,16). The van der Waals surface area contributed by atoms with Crippen molar-refractivity contribution in [1.82, 2.24) is 15.0 Å². The van der Waals surface area contributed by atoms with E-state index in [1.807, 2.05) is 0 Å². The van der Waals surface area contributed by atoms with Gasteiger partial charge in [-0.25, -0.2) is 14.8 Å². The summed E-state index contributed by atoms with van der Waals surface area (Å²) in [5, 5.41) is 8.91. The summed E-state index contributed by atoms with van der Waals surface area (Å²) in [7, 11) is 0. The molecule has 0 aliphatic heterocycles. The van der Waals surface area contributed by atoms with E-state index in [1.165, 1.54) is 0 Å². The van der Waals surface area contributed by atoms with Gasteiger partial charge in [0, 0.05) is 6.20 Å². The Bertz CT molecular complexity index is 531. The number of nitrogens with zero attached hydrogens (tertiary/aromatic N) is 3. The zero-order chi connectivity index (χ0) is 11.5. The van der Waals surface area contributed by atoms with Crippen molar-refractivity contribution in [1.29, 1.82) is 0 Å². The molecule has 1 N–H and O–H groups in total. The lowest BCUT2D eigenvalue weighted by Crippen LogP contribution is -2.03. The maximum absolute atomic E-state index is 10.7. The highest BCUT2D eigenvalue weighted by atomic mass is 35.5. The third kappa shape index (κ3) is 1.99. The van der Waals surface area contributed by atoms with E-state index >= 15 is 0 Å². The average molecular weight is 236 g/mol. The number of halogens is 1. The van der Waals surface area contributed by atoms with E-state index in [1.54, 1.807) is 24.4 Å². The number of hydrogen-bond donors (Lipinski definition) is 1. The lowest BCUT2D eigenvalue weighted by Gasteiger charge is -2.02. The van der Waals surface area contributed by atoms with Crippen LogP contribution in [0.4, 0.5) is 0 Å². The van der Waals surface area contributed by atoms with Gasteiger partial charge in [0.2, 0.25) is 0 Å². The van der Waals surface area contributed by atoms with Crippen molar-refractivity contribution in [2.75, 3.05) is 0 Å². The summed E-state index contributed by atoms with van der Waals surface area (Å²) in [5.74, 6) is -1.15. The normalized spacial score (nSPS) is 10.1. The fraction of sp³-hybridized carbons (Fsp3) is 0. The first-order valence-corrected chi connectivity index (χ1v) is 4.73. The monoisotopic (exact) mass is 235 g/mol. The van der Waals surface area contributed by atoms with Gasteiger partial charge in [0.05, 0.1) is 11.9 Å². The Morgan fingerprint density at radius 1 is 1.31 bits per heavy atom. The van der Waals surface area contributed by atoms with Gasteiger partial charge in [-0.15, -0.1) is 0 Å². The van der Waals surface area contributed by atoms with Crippen LogP contribution in [0.3, 0.4) is 0 Å². The van der Waals surface area contributed by atoms with Crippen molar-refractivity contribution in [3.05, 3.63) is 41.4 Å². The highest BCUT2D eigenvalue weighted by molar-refractivity contribution is 6.31. The molecule has 0 saturated carbocycles. The third-order valence-electron chi connectivity index (χ3n) is 1.85. The van der Waals surface area contributed by atoms with Crippen molar-refractivity contribution in [2.24, 2.45) is 0 Å². The summed E-state index contributed by atoms with van der Waals surface area (Å²) in [6, 6.07) is 5.18. The van der Waals surface area contributed by atoms with Gasteiger partial charge in [0.15, 0.2) is 10.8 Å². The van der Waals surface area contributed by atoms with Crippen LogP contribution in [0.2, 0.25) is 5.15 Å². The van der Waals surface area contributed by atoms with Crippen molar-refractivity contribution in [2.45, 2.75) is 0 Å². The van der Waals surface area contributed by atoms with Crippen LogP contribution < -0.4 is 0 Å². The maximum Gasteiger partial charge on any atom is 0.356 e. The molecule has 0 aliphatic carbocycles. The van der Waals surface area contributed by atoms with Crippen LogP contribution in [0.15, 0.2) is 30.6 Å². The minimum absolute atomic E-state index is 0.128. The smallest absolute Gasteiger partial charge is 0.356 e. The molecule has 80 valence electrons. The molecule has 0 unspecified atom stereocenters. The second kappa shape index (κ2) is 4.24. The summed E-state index contributed by atoms with van der Waals surface area (Å²) in [6.07, 6.45) is 2.68. The molecule has 2 rings (SSSR count). The number of rotatable bonds is 2. The summed E-state index contributed by atoms with van der Waals surface area (Å²) < 4.78 is 0. The quantitative estimate of drug-likeness (QED) is 0.860. The fourth-order valence-corrected chi connectivity index (χ4v) is 1.33. The number of hydrogen-bond acceptors (Lipinski definition) is 4. The molecular weight excluding hydrogens is 230 g/mol. The topological polar surface area (TPSA) is 76.0 Å². The maximum atomic E-state index is 10.7. The molecule has 6 heteroatoms. The highest BCUT2D eigenvalue weighted by Crippen LogP contribution is 2.21. The molecule has 0 amide bonds. The third-order valence-corrected chi connectivity index (χ3v) is 2.13. The van der Waals surface area contributed by atoms with Gasteiger partial charge >= 0.3 is 5.97 Å². The van der Waals surface area contributed by atoms with Gasteiger partial charge in [0.1, 0.15) is 5.69 Å². The Labute approximate surface area is 95.8 Å². The first-order chi connectivity index (χ1) is 7.68. The van der Waals surface area contributed by atoms with Gasteiger partial charge in [-0.3, -0.25) is 4.98 Å².